The van der Waals surface area contributed by atoms with E-state index in [2.05, 4.69) is 9.46 Å². The molecule has 1 aromatic carbocycles. The van der Waals surface area contributed by atoms with Crippen LogP contribution >= 0.6 is 0 Å². The van der Waals surface area contributed by atoms with E-state index in [1.165, 1.54) is 13.2 Å². The molecule has 0 radical (unpaired) electrons. The van der Waals surface area contributed by atoms with Gasteiger partial charge in [0, 0.05) is 12.2 Å². The highest BCUT2D eigenvalue weighted by Crippen LogP contribution is 2.18. The Hall–Kier alpha value is -2.13. The molecule has 0 unspecified atom stereocenters. The van der Waals surface area contributed by atoms with Crippen LogP contribution in [0.3, 0.4) is 0 Å². The Morgan fingerprint density at radius 2 is 2.05 bits per heavy atom. The van der Waals surface area contributed by atoms with Gasteiger partial charge < -0.3 is 15.6 Å². The first-order valence-corrected chi connectivity index (χ1v) is 6.95. The number of carbonyl (C=O) groups is 2. The van der Waals surface area contributed by atoms with Crippen molar-refractivity contribution < 1.29 is 27.9 Å². The number of rotatable bonds is 6. The zero-order valence-electron chi connectivity index (χ0n) is 10.6. The van der Waals surface area contributed by atoms with Gasteiger partial charge in [0.1, 0.15) is 0 Å². The van der Waals surface area contributed by atoms with E-state index in [9.17, 15) is 18.0 Å². The first-order valence-electron chi connectivity index (χ1n) is 5.47. The molecule has 0 aliphatic rings. The Kier molecular flexibility index (Phi) is 5.06. The van der Waals surface area contributed by atoms with Crippen molar-refractivity contribution in [3.05, 3.63) is 23.8 Å². The summed E-state index contributed by atoms with van der Waals surface area (Å²) < 4.78 is 30.4. The second-order valence-corrected chi connectivity index (χ2v) is 5.52. The van der Waals surface area contributed by atoms with Gasteiger partial charge in [0.25, 0.3) is 0 Å². The lowest BCUT2D eigenvalue weighted by Gasteiger charge is -2.09. The van der Waals surface area contributed by atoms with Crippen molar-refractivity contribution in [2.45, 2.75) is 11.3 Å². The van der Waals surface area contributed by atoms with E-state index in [1.807, 2.05) is 0 Å². The minimum absolute atomic E-state index is 0.135. The number of benzene rings is 1. The van der Waals surface area contributed by atoms with Gasteiger partial charge >= 0.3 is 11.9 Å². The van der Waals surface area contributed by atoms with Crippen molar-refractivity contribution in [1.29, 1.82) is 0 Å². The summed E-state index contributed by atoms with van der Waals surface area (Å²) >= 11 is 0. The summed E-state index contributed by atoms with van der Waals surface area (Å²) in [4.78, 5) is 21.5. The zero-order chi connectivity index (χ0) is 15.3. The number of sulfonamides is 1. The number of nitrogens with one attached hydrogen (secondary N) is 1. The zero-order valence-corrected chi connectivity index (χ0v) is 11.4. The number of hydrogen-bond donors (Lipinski definition) is 3. The number of methoxy groups -OCH3 is 1. The molecule has 0 aromatic heterocycles. The van der Waals surface area contributed by atoms with Gasteiger partial charge in [0.2, 0.25) is 10.0 Å². The van der Waals surface area contributed by atoms with Crippen LogP contribution in [-0.4, -0.2) is 39.1 Å². The molecule has 0 bridgehead atoms. The summed E-state index contributed by atoms with van der Waals surface area (Å²) in [6, 6.07) is 3.43. The first kappa shape index (κ1) is 15.9. The lowest BCUT2D eigenvalue weighted by molar-refractivity contribution is -0.140. The molecule has 0 heterocycles. The molecule has 0 saturated carbocycles. The van der Waals surface area contributed by atoms with Gasteiger partial charge in [0.05, 0.1) is 24.0 Å². The van der Waals surface area contributed by atoms with Gasteiger partial charge in [-0.15, -0.1) is 0 Å². The van der Waals surface area contributed by atoms with Crippen LogP contribution in [0.25, 0.3) is 0 Å². The van der Waals surface area contributed by atoms with Crippen LogP contribution < -0.4 is 10.5 Å². The molecule has 4 N–H and O–H groups in total. The molecule has 110 valence electrons. The predicted octanol–water partition coefficient (Wildman–Crippen LogP) is -0.192. The average Bonchev–Trinajstić information content (AvgIpc) is 2.37. The Labute approximate surface area is 115 Å². The maximum absolute atomic E-state index is 12.0. The number of carboxylic acids is 1. The number of anilines is 1. The summed E-state index contributed by atoms with van der Waals surface area (Å²) in [5.74, 6) is -1.99. The van der Waals surface area contributed by atoms with Gasteiger partial charge in [0.15, 0.2) is 0 Å². The van der Waals surface area contributed by atoms with Crippen LogP contribution in [0, 0.1) is 0 Å². The van der Waals surface area contributed by atoms with Gasteiger partial charge in [-0.25, -0.2) is 17.9 Å². The molecular weight excluding hydrogens is 288 g/mol. The molecule has 1 aromatic rings. The SMILES string of the molecule is COC(=O)CCNS(=O)(=O)c1ccc(N)cc1C(=O)O. The van der Waals surface area contributed by atoms with Crippen LogP contribution in [0.5, 0.6) is 0 Å². The Bertz CT molecular complexity index is 626. The molecule has 0 aliphatic heterocycles. The molecule has 1 rings (SSSR count). The van der Waals surface area contributed by atoms with Crippen molar-refractivity contribution in [2.75, 3.05) is 19.4 Å². The fourth-order valence-corrected chi connectivity index (χ4v) is 2.63. The van der Waals surface area contributed by atoms with Crippen LogP contribution in [0.4, 0.5) is 5.69 Å². The van der Waals surface area contributed by atoms with Crippen molar-refractivity contribution in [2.24, 2.45) is 0 Å². The summed E-state index contributed by atoms with van der Waals surface area (Å²) in [6.45, 7) is -0.196. The average molecular weight is 302 g/mol. The Morgan fingerprint density at radius 3 is 2.60 bits per heavy atom. The second-order valence-electron chi connectivity index (χ2n) is 3.78. The number of nitrogen functional groups attached to an aromatic ring is 1. The molecule has 0 spiro atoms. The topological polar surface area (TPSA) is 136 Å². The highest BCUT2D eigenvalue weighted by Gasteiger charge is 2.22. The Morgan fingerprint density at radius 1 is 1.40 bits per heavy atom. The lowest BCUT2D eigenvalue weighted by atomic mass is 10.2. The summed E-state index contributed by atoms with van der Waals surface area (Å²) in [6.07, 6.45) is -0.160. The number of aromatic carboxylic acids is 1. The van der Waals surface area contributed by atoms with Gasteiger partial charge in [-0.3, -0.25) is 4.79 Å². The molecule has 0 amide bonds. The summed E-state index contributed by atoms with van der Waals surface area (Å²) in [7, 11) is -2.87. The Balaban J connectivity index is 2.98. The molecule has 0 fully saturated rings. The van der Waals surface area contributed by atoms with Gasteiger partial charge in [-0.2, -0.15) is 0 Å². The van der Waals surface area contributed by atoms with E-state index in [0.717, 1.165) is 12.1 Å². The largest absolute Gasteiger partial charge is 0.478 e. The summed E-state index contributed by atoms with van der Waals surface area (Å²) in [5, 5.41) is 8.98. The minimum Gasteiger partial charge on any atom is -0.478 e. The van der Waals surface area contributed by atoms with E-state index < -0.39 is 32.4 Å². The molecule has 0 aliphatic carbocycles. The normalized spacial score (nSPS) is 11.1. The number of nitrogens with two attached hydrogens (primary N) is 1. The van der Waals surface area contributed by atoms with E-state index in [4.69, 9.17) is 10.8 Å². The van der Waals surface area contributed by atoms with Crippen molar-refractivity contribution in [3.63, 3.8) is 0 Å². The molecule has 8 nitrogen and oxygen atoms in total. The fourth-order valence-electron chi connectivity index (χ4n) is 1.42. The number of esters is 1. The number of hydrogen-bond acceptors (Lipinski definition) is 6. The predicted molar refractivity (Wildman–Crippen MR) is 69.6 cm³/mol. The van der Waals surface area contributed by atoms with Crippen molar-refractivity contribution in [3.8, 4) is 0 Å². The smallest absolute Gasteiger partial charge is 0.337 e. The van der Waals surface area contributed by atoms with Crippen LogP contribution in [-0.2, 0) is 19.6 Å². The van der Waals surface area contributed by atoms with Gasteiger partial charge in [-0.1, -0.05) is 0 Å². The third kappa shape index (κ3) is 3.93. The van der Waals surface area contributed by atoms with E-state index in [1.54, 1.807) is 0 Å². The molecular formula is C11H14N2O6S. The van der Waals surface area contributed by atoms with E-state index in [-0.39, 0.29) is 18.7 Å². The summed E-state index contributed by atoms with van der Waals surface area (Å²) in [5.41, 5.74) is 5.13. The standard InChI is InChI=1S/C11H14N2O6S/c1-19-10(14)4-5-13-20(17,18)9-3-2-7(12)6-8(9)11(15)16/h2-3,6,13H,4-5,12H2,1H3,(H,15,16). The maximum Gasteiger partial charge on any atom is 0.337 e. The molecule has 20 heavy (non-hydrogen) atoms. The first-order chi connectivity index (χ1) is 9.27. The monoisotopic (exact) mass is 302 g/mol. The maximum atomic E-state index is 12.0. The van der Waals surface area contributed by atoms with Gasteiger partial charge in [-0.05, 0) is 18.2 Å². The van der Waals surface area contributed by atoms with Crippen molar-refractivity contribution in [1.82, 2.24) is 4.72 Å². The number of carbonyl (C=O) groups excluding carboxylic acids is 1. The molecule has 0 atom stereocenters. The molecule has 9 heteroatoms. The minimum atomic E-state index is -4.05. The highest BCUT2D eigenvalue weighted by atomic mass is 32.2. The number of ether oxygens (including phenoxy) is 1. The third-order valence-corrected chi connectivity index (χ3v) is 3.89. The highest BCUT2D eigenvalue weighted by molar-refractivity contribution is 7.89. The second kappa shape index (κ2) is 6.35. The fraction of sp³-hybridized carbons (Fsp3) is 0.273. The van der Waals surface area contributed by atoms with E-state index in [0.29, 0.717) is 0 Å². The van der Waals surface area contributed by atoms with Crippen LogP contribution in [0.15, 0.2) is 23.1 Å². The van der Waals surface area contributed by atoms with Crippen molar-refractivity contribution >= 4 is 27.6 Å². The third-order valence-electron chi connectivity index (χ3n) is 2.37. The van der Waals surface area contributed by atoms with Crippen LogP contribution in [0.2, 0.25) is 0 Å². The van der Waals surface area contributed by atoms with E-state index >= 15 is 0 Å². The molecule has 0 saturated heterocycles. The van der Waals surface area contributed by atoms with Crippen LogP contribution in [0.1, 0.15) is 16.8 Å². The quantitative estimate of drug-likeness (QED) is 0.489. The lowest BCUT2D eigenvalue weighted by Crippen LogP contribution is -2.28. The number of carboxylic acid groups (broad SMARTS) is 1.